The van der Waals surface area contributed by atoms with Crippen LogP contribution in [0.3, 0.4) is 0 Å². The fraction of sp³-hybridized carbons (Fsp3) is 0.200. The van der Waals surface area contributed by atoms with E-state index in [1.165, 1.54) is 11.8 Å². The Hall–Kier alpha value is -2.73. The predicted octanol–water partition coefficient (Wildman–Crippen LogP) is 3.67. The van der Waals surface area contributed by atoms with Crippen molar-refractivity contribution in [3.05, 3.63) is 66.0 Å². The number of carbonyl (C=O) groups excluding carboxylic acids is 1. The summed E-state index contributed by atoms with van der Waals surface area (Å²) < 4.78 is 0. The zero-order chi connectivity index (χ0) is 17.9. The molecule has 26 heavy (non-hydrogen) atoms. The molecule has 1 aliphatic heterocycles. The summed E-state index contributed by atoms with van der Waals surface area (Å²) in [6.45, 7) is 2.50. The van der Waals surface area contributed by atoms with Crippen LogP contribution in [0.1, 0.15) is 17.8 Å². The van der Waals surface area contributed by atoms with Crippen molar-refractivity contribution in [2.24, 2.45) is 5.10 Å². The number of hydrogen-bond acceptors (Lipinski definition) is 5. The minimum Gasteiger partial charge on any atom is -0.272 e. The van der Waals surface area contributed by atoms with Crippen LogP contribution >= 0.6 is 11.8 Å². The summed E-state index contributed by atoms with van der Waals surface area (Å²) in [6.07, 6.45) is 0.788. The predicted molar refractivity (Wildman–Crippen MR) is 104 cm³/mol. The Morgan fingerprint density at radius 2 is 1.85 bits per heavy atom. The third-order valence-corrected chi connectivity index (χ3v) is 5.19. The first-order valence-electron chi connectivity index (χ1n) is 8.50. The van der Waals surface area contributed by atoms with Gasteiger partial charge in [0.2, 0.25) is 0 Å². The number of benzene rings is 2. The quantitative estimate of drug-likeness (QED) is 0.525. The number of aryl methyl sites for hydroxylation is 1. The molecule has 1 aromatic heterocycles. The first-order valence-corrected chi connectivity index (χ1v) is 9.49. The molecule has 0 saturated heterocycles. The second-order valence-electron chi connectivity index (χ2n) is 6.06. The van der Waals surface area contributed by atoms with Crippen LogP contribution < -0.4 is 0 Å². The van der Waals surface area contributed by atoms with E-state index >= 15 is 0 Å². The third-order valence-electron chi connectivity index (χ3n) is 4.21. The fourth-order valence-corrected chi connectivity index (χ4v) is 3.88. The number of hydrazone groups is 1. The molecule has 1 aliphatic rings. The maximum atomic E-state index is 12.6. The molecule has 5 nitrogen and oxygen atoms in total. The molecular formula is C20H18N4OS. The maximum Gasteiger partial charge on any atom is 0.253 e. The van der Waals surface area contributed by atoms with Crippen molar-refractivity contribution in [2.75, 3.05) is 12.3 Å². The van der Waals surface area contributed by atoms with Gasteiger partial charge in [-0.3, -0.25) is 4.79 Å². The Bertz CT molecular complexity index is 988. The number of aromatic nitrogens is 2. The molecule has 0 bridgehead atoms. The fourth-order valence-electron chi connectivity index (χ4n) is 2.94. The van der Waals surface area contributed by atoms with Gasteiger partial charge in [0, 0.05) is 11.8 Å². The van der Waals surface area contributed by atoms with E-state index in [0.717, 1.165) is 33.6 Å². The van der Waals surface area contributed by atoms with Crippen molar-refractivity contribution in [2.45, 2.75) is 18.4 Å². The molecule has 0 atom stereocenters. The first-order chi connectivity index (χ1) is 12.7. The monoisotopic (exact) mass is 362 g/mol. The van der Waals surface area contributed by atoms with Crippen molar-refractivity contribution in [3.8, 4) is 0 Å². The number of hydrogen-bond donors (Lipinski definition) is 0. The van der Waals surface area contributed by atoms with Gasteiger partial charge in [-0.1, -0.05) is 60.3 Å². The topological polar surface area (TPSA) is 58.5 Å². The van der Waals surface area contributed by atoms with Gasteiger partial charge in [-0.25, -0.2) is 15.0 Å². The molecule has 0 spiro atoms. The molecule has 0 saturated carbocycles. The van der Waals surface area contributed by atoms with Gasteiger partial charge in [-0.2, -0.15) is 5.10 Å². The highest BCUT2D eigenvalue weighted by molar-refractivity contribution is 8.00. The minimum atomic E-state index is 0.00118. The molecule has 0 radical (unpaired) electrons. The van der Waals surface area contributed by atoms with E-state index in [4.69, 9.17) is 0 Å². The Balaban J connectivity index is 1.48. The average molecular weight is 362 g/mol. The third kappa shape index (κ3) is 3.46. The van der Waals surface area contributed by atoms with E-state index in [-0.39, 0.29) is 5.91 Å². The molecule has 130 valence electrons. The van der Waals surface area contributed by atoms with Crippen LogP contribution in [-0.4, -0.2) is 38.9 Å². The van der Waals surface area contributed by atoms with Gasteiger partial charge in [-0.15, -0.1) is 0 Å². The van der Waals surface area contributed by atoms with Crippen LogP contribution in [0.15, 0.2) is 64.7 Å². The van der Waals surface area contributed by atoms with Gasteiger partial charge in [-0.05, 0) is 18.6 Å². The van der Waals surface area contributed by atoms with Crippen LogP contribution in [-0.2, 0) is 4.79 Å². The van der Waals surface area contributed by atoms with E-state index in [0.29, 0.717) is 18.1 Å². The highest BCUT2D eigenvalue weighted by Gasteiger charge is 2.22. The number of fused-ring (bicyclic) bond motifs is 1. The lowest BCUT2D eigenvalue weighted by atomic mass is 10.1. The highest BCUT2D eigenvalue weighted by atomic mass is 32.2. The van der Waals surface area contributed by atoms with Gasteiger partial charge in [0.15, 0.2) is 0 Å². The first kappa shape index (κ1) is 16.7. The molecule has 1 amide bonds. The van der Waals surface area contributed by atoms with Gasteiger partial charge in [0.05, 0.1) is 23.5 Å². The summed E-state index contributed by atoms with van der Waals surface area (Å²) in [5.74, 6) is 1.02. The van der Waals surface area contributed by atoms with Crippen molar-refractivity contribution < 1.29 is 4.79 Å². The Morgan fingerprint density at radius 3 is 2.69 bits per heavy atom. The number of amides is 1. The molecule has 4 rings (SSSR count). The summed E-state index contributed by atoms with van der Waals surface area (Å²) in [6, 6.07) is 17.9. The molecule has 2 aromatic carbocycles. The summed E-state index contributed by atoms with van der Waals surface area (Å²) in [4.78, 5) is 21.5. The van der Waals surface area contributed by atoms with Crippen LogP contribution in [0.5, 0.6) is 0 Å². The van der Waals surface area contributed by atoms with Gasteiger partial charge < -0.3 is 0 Å². The van der Waals surface area contributed by atoms with E-state index in [9.17, 15) is 4.79 Å². The van der Waals surface area contributed by atoms with E-state index in [2.05, 4.69) is 15.1 Å². The normalized spacial score (nSPS) is 13.9. The molecule has 6 heteroatoms. The van der Waals surface area contributed by atoms with Crippen LogP contribution in [0.4, 0.5) is 0 Å². The number of carbonyl (C=O) groups is 1. The zero-order valence-electron chi connectivity index (χ0n) is 14.4. The zero-order valence-corrected chi connectivity index (χ0v) is 15.2. The summed E-state index contributed by atoms with van der Waals surface area (Å²) in [5.41, 5.74) is 2.95. The van der Waals surface area contributed by atoms with Crippen molar-refractivity contribution >= 4 is 34.3 Å². The van der Waals surface area contributed by atoms with Crippen LogP contribution in [0.25, 0.3) is 10.9 Å². The van der Waals surface area contributed by atoms with E-state index in [1.807, 2.05) is 61.5 Å². The molecule has 0 aliphatic carbocycles. The molecule has 0 N–H and O–H groups in total. The minimum absolute atomic E-state index is 0.00118. The molecule has 3 aromatic rings. The average Bonchev–Trinajstić information content (AvgIpc) is 3.17. The van der Waals surface area contributed by atoms with Crippen molar-refractivity contribution in [3.63, 3.8) is 0 Å². The number of para-hydroxylation sites is 1. The summed E-state index contributed by atoms with van der Waals surface area (Å²) in [7, 11) is 0. The summed E-state index contributed by atoms with van der Waals surface area (Å²) >= 11 is 1.44. The smallest absolute Gasteiger partial charge is 0.253 e. The van der Waals surface area contributed by atoms with Crippen molar-refractivity contribution in [1.82, 2.24) is 15.0 Å². The second kappa shape index (κ2) is 7.25. The van der Waals surface area contributed by atoms with Crippen LogP contribution in [0.2, 0.25) is 0 Å². The molecular weight excluding hydrogens is 344 g/mol. The Labute approximate surface area is 156 Å². The lowest BCUT2D eigenvalue weighted by Gasteiger charge is -2.11. The lowest BCUT2D eigenvalue weighted by Crippen LogP contribution is -2.25. The lowest BCUT2D eigenvalue weighted by molar-refractivity contribution is -0.127. The van der Waals surface area contributed by atoms with E-state index in [1.54, 1.807) is 5.01 Å². The van der Waals surface area contributed by atoms with Gasteiger partial charge >= 0.3 is 0 Å². The molecule has 0 fully saturated rings. The second-order valence-corrected chi connectivity index (χ2v) is 7.03. The van der Waals surface area contributed by atoms with E-state index < -0.39 is 0 Å². The standard InChI is InChI=1S/C20H18N4OS/c1-14-21-18-10-6-5-9-16(18)20(22-14)26-13-19(25)24-12-11-17(23-24)15-7-3-2-4-8-15/h2-10H,11-13H2,1H3. The number of thioether (sulfide) groups is 1. The highest BCUT2D eigenvalue weighted by Crippen LogP contribution is 2.26. The number of rotatable bonds is 4. The largest absolute Gasteiger partial charge is 0.272 e. The Morgan fingerprint density at radius 1 is 1.08 bits per heavy atom. The molecule has 2 heterocycles. The van der Waals surface area contributed by atoms with Crippen LogP contribution in [0, 0.1) is 6.92 Å². The Kier molecular flexibility index (Phi) is 4.67. The van der Waals surface area contributed by atoms with Crippen molar-refractivity contribution in [1.29, 1.82) is 0 Å². The number of nitrogens with zero attached hydrogens (tertiary/aromatic N) is 4. The van der Waals surface area contributed by atoms with Gasteiger partial charge in [0.1, 0.15) is 10.9 Å². The SMILES string of the molecule is Cc1nc(SCC(=O)N2CCC(c3ccccc3)=N2)c2ccccc2n1. The maximum absolute atomic E-state index is 12.6. The summed E-state index contributed by atoms with van der Waals surface area (Å²) in [5, 5.41) is 7.90. The molecule has 0 unspecified atom stereocenters. The van der Waals surface area contributed by atoms with Gasteiger partial charge in [0.25, 0.3) is 5.91 Å².